The second kappa shape index (κ2) is 8.02. The Kier molecular flexibility index (Phi) is 5.26. The van der Waals surface area contributed by atoms with Gasteiger partial charge < -0.3 is 14.5 Å². The van der Waals surface area contributed by atoms with Crippen LogP contribution in [0.25, 0.3) is 0 Å². The highest BCUT2D eigenvalue weighted by atomic mass is 35.5. The van der Waals surface area contributed by atoms with E-state index in [2.05, 4.69) is 27.5 Å². The van der Waals surface area contributed by atoms with Gasteiger partial charge >= 0.3 is 0 Å². The molecule has 3 aromatic rings. The van der Waals surface area contributed by atoms with E-state index in [1.54, 1.807) is 22.7 Å². The van der Waals surface area contributed by atoms with Gasteiger partial charge in [0, 0.05) is 29.4 Å². The van der Waals surface area contributed by atoms with E-state index in [0.29, 0.717) is 38.8 Å². The maximum absolute atomic E-state index is 13.6. The predicted octanol–water partition coefficient (Wildman–Crippen LogP) is 3.88. The van der Waals surface area contributed by atoms with Crippen LogP contribution in [-0.4, -0.2) is 53.6 Å². The number of ether oxygens (including phenoxy) is 1. The predicted molar refractivity (Wildman–Crippen MR) is 115 cm³/mol. The van der Waals surface area contributed by atoms with Crippen LogP contribution in [0.4, 0.5) is 5.95 Å². The summed E-state index contributed by atoms with van der Waals surface area (Å²) in [5.74, 6) is 0.379. The number of hydrogen-bond donors (Lipinski definition) is 0. The van der Waals surface area contributed by atoms with Gasteiger partial charge in [0.1, 0.15) is 0 Å². The van der Waals surface area contributed by atoms with E-state index in [1.165, 1.54) is 16.6 Å². The number of carbonyl (C=O) groups is 1. The van der Waals surface area contributed by atoms with Gasteiger partial charge in [-0.2, -0.15) is 0 Å². The molecule has 2 aliphatic rings. The van der Waals surface area contributed by atoms with Gasteiger partial charge in [-0.15, -0.1) is 22.7 Å². The summed E-state index contributed by atoms with van der Waals surface area (Å²) < 4.78 is 5.40. The Morgan fingerprint density at radius 2 is 2.03 bits per heavy atom. The first kappa shape index (κ1) is 19.0. The Morgan fingerprint density at radius 1 is 1.17 bits per heavy atom. The molecule has 0 radical (unpaired) electrons. The molecule has 150 valence electrons. The second-order valence-electron chi connectivity index (χ2n) is 6.93. The van der Waals surface area contributed by atoms with Crippen LogP contribution in [0.1, 0.15) is 31.8 Å². The number of hydrogen-bond acceptors (Lipinski definition) is 7. The molecule has 0 aliphatic carbocycles. The summed E-state index contributed by atoms with van der Waals surface area (Å²) in [5, 5.41) is 4.44. The first-order chi connectivity index (χ1) is 14.2. The van der Waals surface area contributed by atoms with E-state index in [1.807, 2.05) is 21.2 Å². The zero-order valence-electron chi connectivity index (χ0n) is 15.6. The molecule has 0 saturated carbocycles. The summed E-state index contributed by atoms with van der Waals surface area (Å²) in [6, 6.07) is 6.14. The van der Waals surface area contributed by atoms with Crippen molar-refractivity contribution in [3.05, 3.63) is 61.2 Å². The van der Waals surface area contributed by atoms with Gasteiger partial charge in [0.05, 0.1) is 30.5 Å². The standard InChI is InChI=1S/C20H19ClN4O2S2/c21-14-12-22-20(24-6-8-27-9-7-24)23-17(14)19(26)25-5-3-15-13(4-11-29-15)18(25)16-2-1-10-28-16/h1-2,4,10-12,18H,3,5-9H2. The molecule has 1 atom stereocenters. The van der Waals surface area contributed by atoms with Crippen molar-refractivity contribution < 1.29 is 9.53 Å². The molecule has 5 rings (SSSR count). The summed E-state index contributed by atoms with van der Waals surface area (Å²) >= 11 is 9.81. The molecule has 0 spiro atoms. The zero-order chi connectivity index (χ0) is 19.8. The molecule has 6 nitrogen and oxygen atoms in total. The lowest BCUT2D eigenvalue weighted by Crippen LogP contribution is -2.41. The van der Waals surface area contributed by atoms with Crippen LogP contribution < -0.4 is 4.90 Å². The third-order valence-electron chi connectivity index (χ3n) is 5.27. The Labute approximate surface area is 181 Å². The highest BCUT2D eigenvalue weighted by Gasteiger charge is 2.35. The molecule has 1 unspecified atom stereocenters. The minimum Gasteiger partial charge on any atom is -0.378 e. The zero-order valence-corrected chi connectivity index (χ0v) is 18.0. The average Bonchev–Trinajstić information content (AvgIpc) is 3.45. The number of halogens is 1. The number of fused-ring (bicyclic) bond motifs is 1. The van der Waals surface area contributed by atoms with Crippen molar-refractivity contribution in [1.82, 2.24) is 14.9 Å². The Morgan fingerprint density at radius 3 is 2.83 bits per heavy atom. The third-order valence-corrected chi connectivity index (χ3v) is 7.47. The van der Waals surface area contributed by atoms with Crippen molar-refractivity contribution >= 4 is 46.1 Å². The van der Waals surface area contributed by atoms with E-state index < -0.39 is 0 Å². The summed E-state index contributed by atoms with van der Waals surface area (Å²) in [4.78, 5) is 28.9. The fourth-order valence-electron chi connectivity index (χ4n) is 3.85. The fraction of sp³-hybridized carbons (Fsp3) is 0.350. The molecule has 29 heavy (non-hydrogen) atoms. The maximum atomic E-state index is 13.6. The fourth-order valence-corrected chi connectivity index (χ4v) is 5.78. The van der Waals surface area contributed by atoms with Crippen LogP contribution in [-0.2, 0) is 11.2 Å². The Hall–Kier alpha value is -2.00. The van der Waals surface area contributed by atoms with Crippen LogP contribution in [0.2, 0.25) is 5.02 Å². The maximum Gasteiger partial charge on any atom is 0.275 e. The molecule has 0 N–H and O–H groups in total. The van der Waals surface area contributed by atoms with E-state index in [9.17, 15) is 4.79 Å². The van der Waals surface area contributed by atoms with Gasteiger partial charge in [-0.05, 0) is 34.9 Å². The van der Waals surface area contributed by atoms with Crippen molar-refractivity contribution in [3.63, 3.8) is 0 Å². The largest absolute Gasteiger partial charge is 0.378 e. The molecular formula is C20H19ClN4O2S2. The minimum absolute atomic E-state index is 0.102. The van der Waals surface area contributed by atoms with Gasteiger partial charge in [0.25, 0.3) is 5.91 Å². The molecule has 5 heterocycles. The van der Waals surface area contributed by atoms with E-state index in [4.69, 9.17) is 16.3 Å². The molecule has 0 aromatic carbocycles. The minimum atomic E-state index is -0.151. The number of thiophene rings is 2. The number of carbonyl (C=O) groups excluding carboxylic acids is 1. The van der Waals surface area contributed by atoms with E-state index in [-0.39, 0.29) is 22.7 Å². The van der Waals surface area contributed by atoms with E-state index in [0.717, 1.165) is 11.3 Å². The summed E-state index contributed by atoms with van der Waals surface area (Å²) in [5.41, 5.74) is 1.47. The first-order valence-corrected chi connectivity index (χ1v) is 11.6. The lowest BCUT2D eigenvalue weighted by molar-refractivity contribution is 0.0692. The molecular weight excluding hydrogens is 428 g/mol. The number of anilines is 1. The molecule has 1 saturated heterocycles. The highest BCUT2D eigenvalue weighted by molar-refractivity contribution is 7.10. The second-order valence-corrected chi connectivity index (χ2v) is 9.32. The molecule has 1 amide bonds. The number of nitrogens with zero attached hydrogens (tertiary/aromatic N) is 4. The van der Waals surface area contributed by atoms with Gasteiger partial charge in [0.2, 0.25) is 5.95 Å². The van der Waals surface area contributed by atoms with Crippen LogP contribution in [0.15, 0.2) is 35.2 Å². The monoisotopic (exact) mass is 446 g/mol. The Bertz CT molecular complexity index is 1020. The van der Waals surface area contributed by atoms with Crippen LogP contribution in [0.5, 0.6) is 0 Å². The Balaban J connectivity index is 1.51. The van der Waals surface area contributed by atoms with Gasteiger partial charge in [0.15, 0.2) is 5.69 Å². The number of aromatic nitrogens is 2. The normalized spacial score (nSPS) is 19.3. The van der Waals surface area contributed by atoms with Crippen LogP contribution >= 0.6 is 34.3 Å². The topological polar surface area (TPSA) is 58.6 Å². The molecule has 3 aromatic heterocycles. The number of morpholine rings is 1. The number of rotatable bonds is 3. The van der Waals surface area contributed by atoms with Gasteiger partial charge in [-0.25, -0.2) is 9.97 Å². The lowest BCUT2D eigenvalue weighted by Gasteiger charge is -2.35. The summed E-state index contributed by atoms with van der Waals surface area (Å²) in [6.07, 6.45) is 2.38. The van der Waals surface area contributed by atoms with Crippen LogP contribution in [0, 0.1) is 0 Å². The van der Waals surface area contributed by atoms with Gasteiger partial charge in [-0.3, -0.25) is 4.79 Å². The summed E-state index contributed by atoms with van der Waals surface area (Å²) in [6.45, 7) is 3.30. The highest BCUT2D eigenvalue weighted by Crippen LogP contribution is 2.40. The van der Waals surface area contributed by atoms with Crippen molar-refractivity contribution in [1.29, 1.82) is 0 Å². The molecule has 2 aliphatic heterocycles. The molecule has 9 heteroatoms. The SMILES string of the molecule is O=C(c1nc(N2CCOCC2)ncc1Cl)N1CCc2sccc2C1c1cccs1. The van der Waals surface area contributed by atoms with Crippen molar-refractivity contribution in [2.75, 3.05) is 37.7 Å². The summed E-state index contributed by atoms with van der Waals surface area (Å²) in [7, 11) is 0. The van der Waals surface area contributed by atoms with Crippen molar-refractivity contribution in [3.8, 4) is 0 Å². The van der Waals surface area contributed by atoms with E-state index >= 15 is 0 Å². The molecule has 0 bridgehead atoms. The lowest BCUT2D eigenvalue weighted by atomic mass is 9.98. The van der Waals surface area contributed by atoms with Crippen molar-refractivity contribution in [2.45, 2.75) is 12.5 Å². The van der Waals surface area contributed by atoms with Gasteiger partial charge in [-0.1, -0.05) is 17.7 Å². The number of amides is 1. The smallest absolute Gasteiger partial charge is 0.275 e. The first-order valence-electron chi connectivity index (χ1n) is 9.48. The molecule has 1 fully saturated rings. The van der Waals surface area contributed by atoms with Crippen LogP contribution in [0.3, 0.4) is 0 Å². The quantitative estimate of drug-likeness (QED) is 0.611. The third kappa shape index (κ3) is 3.54. The van der Waals surface area contributed by atoms with Crippen molar-refractivity contribution in [2.24, 2.45) is 0 Å². The average molecular weight is 447 g/mol.